The number of phenols is 1. The number of methoxy groups -OCH3 is 1. The van der Waals surface area contributed by atoms with Crippen LogP contribution < -0.4 is 37.1 Å². The zero-order valence-electron chi connectivity index (χ0n) is 36.4. The highest BCUT2D eigenvalue weighted by Gasteiger charge is 2.20. The zero-order chi connectivity index (χ0) is 50.2. The first-order chi connectivity index (χ1) is 32.5. The second kappa shape index (κ2) is 30.5. The third kappa shape index (κ3) is 20.0. The van der Waals surface area contributed by atoms with E-state index < -0.39 is 29.6 Å². The normalized spacial score (nSPS) is 11.0. The SMILES string of the molecule is BrB(Br)Br.CC[C@H](NC(=O)Nc1cccn(Cc2ccccc2Cl)c1=O)c1ccc(OC)cc1.ClCCl.O=C(O)C[C@H](NC(=O)Nc1cccn(Cc2ccccc2Cl)c1=O)c1ccc(O)cc1. The number of carbonyl (C=O) groups excluding carboxylic acids is 2. The summed E-state index contributed by atoms with van der Waals surface area (Å²) in [6.45, 7) is 2.53. The van der Waals surface area contributed by atoms with E-state index in [1.807, 2.05) is 55.5 Å². The van der Waals surface area contributed by atoms with Crippen LogP contribution in [0, 0.1) is 0 Å². The number of carbonyl (C=O) groups is 3. The number of phenolic OH excluding ortho intramolecular Hbond substituents is 1. The van der Waals surface area contributed by atoms with Crippen LogP contribution >= 0.6 is 93.7 Å². The van der Waals surface area contributed by atoms with Crippen LogP contribution in [0.15, 0.2) is 143 Å². The van der Waals surface area contributed by atoms with Crippen LogP contribution in [-0.4, -0.2) is 53.0 Å². The lowest BCUT2D eigenvalue weighted by molar-refractivity contribution is -0.137. The number of ether oxygens (including phenoxy) is 1. The molecule has 2 atom stereocenters. The van der Waals surface area contributed by atoms with Gasteiger partial charge in [0.2, 0.25) is 0 Å². The summed E-state index contributed by atoms with van der Waals surface area (Å²) in [5, 5.41) is 30.5. The number of anilines is 2. The molecule has 4 aromatic carbocycles. The van der Waals surface area contributed by atoms with Gasteiger partial charge in [-0.1, -0.05) is 90.8 Å². The first kappa shape index (κ1) is 57.4. The summed E-state index contributed by atoms with van der Waals surface area (Å²) >= 11 is 31.2. The summed E-state index contributed by atoms with van der Waals surface area (Å²) in [6.07, 6.45) is 3.58. The number of aliphatic carboxylic acids is 1. The van der Waals surface area contributed by atoms with Gasteiger partial charge in [0.15, 0.2) is 0 Å². The number of halogens is 7. The molecule has 14 nitrogen and oxygen atoms in total. The van der Waals surface area contributed by atoms with E-state index in [0.29, 0.717) is 28.6 Å². The van der Waals surface area contributed by atoms with Gasteiger partial charge < -0.3 is 45.4 Å². The number of carboxylic acid groups (broad SMARTS) is 1. The monoisotopic (exact) mass is 1200 g/mol. The van der Waals surface area contributed by atoms with E-state index >= 15 is 0 Å². The standard InChI is InChI=1S/C23H24ClN3O3.C22H20ClN3O5.CH2Cl2.BBr3/c1-3-20(16-10-12-18(30-2)13-11-16)25-23(29)26-21-9-6-14-27(22(21)28)15-17-7-4-5-8-19(17)24;23-17-5-2-1-4-15(17)13-26-11-3-6-18(21(26)30)24-22(31)25-19(12-20(28)29)14-7-9-16(27)10-8-14;2-1-3;2-1(3)4/h4-14,20H,3,15H2,1-2H3,(H2,25,26,29);1-11,19,27H,12-13H2,(H,28,29)(H2,24,25,31);1H2;/t20-;19-;;/m00../s1. The van der Waals surface area contributed by atoms with Crippen molar-refractivity contribution in [1.29, 1.82) is 0 Å². The predicted molar refractivity (Wildman–Crippen MR) is 285 cm³/mol. The molecule has 2 aromatic heterocycles. The van der Waals surface area contributed by atoms with Crippen LogP contribution in [0.25, 0.3) is 0 Å². The fourth-order valence-electron chi connectivity index (χ4n) is 6.16. The number of aromatic nitrogens is 2. The van der Waals surface area contributed by atoms with E-state index in [-0.39, 0.29) is 50.2 Å². The summed E-state index contributed by atoms with van der Waals surface area (Å²) in [4.78, 5) is 61.8. The number of hydrogen-bond donors (Lipinski definition) is 6. The van der Waals surface area contributed by atoms with Gasteiger partial charge >= 0.3 is 21.2 Å². The van der Waals surface area contributed by atoms with Crippen molar-refractivity contribution in [2.45, 2.75) is 44.9 Å². The Morgan fingerprint density at radius 2 is 1.06 bits per heavy atom. The summed E-state index contributed by atoms with van der Waals surface area (Å²) in [5.41, 5.74) is 2.54. The van der Waals surface area contributed by atoms with Crippen LogP contribution in [0.2, 0.25) is 10.0 Å². The number of alkyl halides is 2. The molecule has 0 aliphatic heterocycles. The van der Waals surface area contributed by atoms with Crippen molar-refractivity contribution in [2.24, 2.45) is 0 Å². The third-order valence-electron chi connectivity index (χ3n) is 9.35. The van der Waals surface area contributed by atoms with Gasteiger partial charge in [-0.25, -0.2) is 9.59 Å². The number of hydrogen-bond acceptors (Lipinski definition) is 7. The van der Waals surface area contributed by atoms with Crippen molar-refractivity contribution in [3.63, 3.8) is 0 Å². The minimum Gasteiger partial charge on any atom is -0.508 e. The third-order valence-corrected chi connectivity index (χ3v) is 10.1. The number of nitrogens with one attached hydrogen (secondary N) is 4. The first-order valence-electron chi connectivity index (χ1n) is 20.2. The predicted octanol–water partition coefficient (Wildman–Crippen LogP) is 12.0. The van der Waals surface area contributed by atoms with Crippen LogP contribution in [0.3, 0.4) is 0 Å². The van der Waals surface area contributed by atoms with Crippen LogP contribution in [0.5, 0.6) is 11.5 Å². The average molecular weight is 1200 g/mol. The molecule has 0 aliphatic rings. The average Bonchev–Trinajstić information content (AvgIpc) is 3.30. The maximum Gasteiger partial charge on any atom is 0.369 e. The quantitative estimate of drug-likeness (QED) is 0.0458. The zero-order valence-corrected chi connectivity index (χ0v) is 44.1. The highest BCUT2D eigenvalue weighted by molar-refractivity contribution is 9.69. The lowest BCUT2D eigenvalue weighted by atomic mass is 10.0. The highest BCUT2D eigenvalue weighted by atomic mass is 79.9. The molecule has 0 radical (unpaired) electrons. The Morgan fingerprint density at radius 3 is 1.46 bits per heavy atom. The minimum absolute atomic E-state index is 0.0191. The molecular formula is C46H46BBr3Cl4N6O8. The van der Waals surface area contributed by atoms with Crippen LogP contribution in [0.1, 0.15) is 54.1 Å². The Bertz CT molecular complexity index is 2660. The van der Waals surface area contributed by atoms with Crippen LogP contribution in [0.4, 0.5) is 21.0 Å². The largest absolute Gasteiger partial charge is 0.508 e. The first-order valence-corrected chi connectivity index (χ1v) is 24.8. The second-order valence-electron chi connectivity index (χ2n) is 13.9. The van der Waals surface area contributed by atoms with Gasteiger partial charge in [-0.2, -0.15) is 0 Å². The lowest BCUT2D eigenvalue weighted by Crippen LogP contribution is -2.36. The van der Waals surface area contributed by atoms with Crippen LogP contribution in [-0.2, 0) is 17.9 Å². The summed E-state index contributed by atoms with van der Waals surface area (Å²) in [5.74, 6) is -0.341. The van der Waals surface area contributed by atoms with E-state index in [1.165, 1.54) is 39.5 Å². The van der Waals surface area contributed by atoms with E-state index in [1.54, 1.807) is 62.0 Å². The van der Waals surface area contributed by atoms with Gasteiger partial charge in [0, 0.05) is 22.4 Å². The molecule has 0 spiro atoms. The molecule has 0 fully saturated rings. The Labute approximate surface area is 438 Å². The molecule has 0 aliphatic carbocycles. The van der Waals surface area contributed by atoms with Crippen molar-refractivity contribution >= 4 is 126 Å². The fourth-order valence-corrected chi connectivity index (χ4v) is 6.55. The number of benzene rings is 4. The molecule has 6 N–H and O–H groups in total. The Hall–Kier alpha value is -4.95. The molecule has 0 bridgehead atoms. The maximum absolute atomic E-state index is 12.8. The summed E-state index contributed by atoms with van der Waals surface area (Å²) < 4.78 is 8.36. The second-order valence-corrected chi connectivity index (χ2v) is 22.0. The van der Waals surface area contributed by atoms with Gasteiger partial charge in [0.1, 0.15) is 22.9 Å². The summed E-state index contributed by atoms with van der Waals surface area (Å²) in [7, 11) is 1.61. The molecule has 0 unspecified atom stereocenters. The number of aromatic hydroxyl groups is 1. The van der Waals surface area contributed by atoms with E-state index in [0.717, 1.165) is 22.4 Å². The van der Waals surface area contributed by atoms with E-state index in [4.69, 9.17) is 56.2 Å². The molecule has 22 heteroatoms. The van der Waals surface area contributed by atoms with Gasteiger partial charge in [-0.3, -0.25) is 14.4 Å². The smallest absolute Gasteiger partial charge is 0.369 e. The molecule has 6 rings (SSSR count). The molecule has 68 heavy (non-hydrogen) atoms. The number of pyridine rings is 2. The lowest BCUT2D eigenvalue weighted by Gasteiger charge is -2.18. The molecular weight excluding hydrogens is 1160 g/mol. The number of carboxylic acids is 1. The number of nitrogens with zero attached hydrogens (tertiary/aromatic N) is 2. The Morgan fingerprint density at radius 1 is 0.662 bits per heavy atom. The van der Waals surface area contributed by atoms with Gasteiger partial charge in [-0.15, -0.1) is 70.5 Å². The van der Waals surface area contributed by atoms with Gasteiger partial charge in [0.25, 0.3) is 11.1 Å². The topological polar surface area (TPSA) is 193 Å². The van der Waals surface area contributed by atoms with Gasteiger partial charge in [0.05, 0.1) is 44.0 Å². The molecule has 2 heterocycles. The van der Waals surface area contributed by atoms with E-state index in [2.05, 4.69) is 68.5 Å². The van der Waals surface area contributed by atoms with Crippen molar-refractivity contribution in [1.82, 2.24) is 19.8 Å². The minimum atomic E-state index is -1.11. The number of amides is 4. The number of urea groups is 2. The fraction of sp³-hybridized carbons (Fsp3) is 0.196. The maximum atomic E-state index is 12.8. The van der Waals surface area contributed by atoms with Crippen molar-refractivity contribution in [3.8, 4) is 11.5 Å². The summed E-state index contributed by atoms with van der Waals surface area (Å²) in [6, 6.07) is 32.0. The van der Waals surface area contributed by atoms with E-state index in [9.17, 15) is 29.1 Å². The molecule has 4 amide bonds. The Balaban J connectivity index is 0.000000317. The molecule has 0 saturated carbocycles. The Kier molecular flexibility index (Phi) is 25.8. The highest BCUT2D eigenvalue weighted by Crippen LogP contribution is 2.22. The van der Waals surface area contributed by atoms with Crippen molar-refractivity contribution < 1.29 is 29.3 Å². The molecule has 0 saturated heterocycles. The molecule has 6 aromatic rings. The molecule has 360 valence electrons. The van der Waals surface area contributed by atoms with Gasteiger partial charge in [-0.05, 0) is 89.3 Å². The number of rotatable bonds is 14. The van der Waals surface area contributed by atoms with Crippen molar-refractivity contribution in [2.75, 3.05) is 23.1 Å². The van der Waals surface area contributed by atoms with Crippen molar-refractivity contribution in [3.05, 3.63) is 187 Å².